The first-order valence-electron chi connectivity index (χ1n) is 5.36. The van der Waals surface area contributed by atoms with Crippen molar-refractivity contribution in [3.8, 4) is 5.75 Å². The third kappa shape index (κ3) is 3.79. The zero-order valence-corrected chi connectivity index (χ0v) is 9.32. The van der Waals surface area contributed by atoms with Crippen molar-refractivity contribution < 1.29 is 19.3 Å². The molecule has 2 N–H and O–H groups in total. The average molecular weight is 228 g/mol. The fourth-order valence-corrected chi connectivity index (χ4v) is 1.34. The molecule has 0 aliphatic heterocycles. The summed E-state index contributed by atoms with van der Waals surface area (Å²) in [5.41, 5.74) is 0.266. The molecule has 1 rings (SSSR count). The summed E-state index contributed by atoms with van der Waals surface area (Å²) in [7, 11) is 0. The molecule has 1 aromatic rings. The Hall–Kier alpha value is -1.13. The molecule has 0 fully saturated rings. The summed E-state index contributed by atoms with van der Waals surface area (Å²) < 4.78 is 18.7. The first kappa shape index (κ1) is 12.9. The fourth-order valence-electron chi connectivity index (χ4n) is 1.34. The minimum absolute atomic E-state index is 0.138. The Balaban J connectivity index is 2.53. The van der Waals surface area contributed by atoms with Crippen LogP contribution in [0.4, 0.5) is 4.39 Å². The maximum atomic E-state index is 13.4. The van der Waals surface area contributed by atoms with Crippen LogP contribution in [0.2, 0.25) is 0 Å². The van der Waals surface area contributed by atoms with Crippen LogP contribution < -0.4 is 4.74 Å². The van der Waals surface area contributed by atoms with Gasteiger partial charge in [-0.25, -0.2) is 4.39 Å². The summed E-state index contributed by atoms with van der Waals surface area (Å²) in [6.45, 7) is 2.10. The molecular weight excluding hydrogens is 211 g/mol. The van der Waals surface area contributed by atoms with Gasteiger partial charge in [-0.1, -0.05) is 0 Å². The summed E-state index contributed by atoms with van der Waals surface area (Å²) in [6.07, 6.45) is 0.591. The lowest BCUT2D eigenvalue weighted by Gasteiger charge is -2.09. The van der Waals surface area contributed by atoms with Crippen molar-refractivity contribution in [1.29, 1.82) is 0 Å². The second-order valence-corrected chi connectivity index (χ2v) is 3.64. The van der Waals surface area contributed by atoms with E-state index in [2.05, 4.69) is 0 Å². The van der Waals surface area contributed by atoms with E-state index in [4.69, 9.17) is 9.84 Å². The number of halogens is 1. The van der Waals surface area contributed by atoms with E-state index in [1.54, 1.807) is 6.07 Å². The number of ether oxygens (including phenoxy) is 1. The molecule has 0 bridgehead atoms. The average Bonchev–Trinajstić information content (AvgIpc) is 2.24. The van der Waals surface area contributed by atoms with E-state index >= 15 is 0 Å². The van der Waals surface area contributed by atoms with Gasteiger partial charge in [-0.3, -0.25) is 0 Å². The molecule has 3 nitrogen and oxygen atoms in total. The van der Waals surface area contributed by atoms with Gasteiger partial charge in [0.25, 0.3) is 0 Å². The highest BCUT2D eigenvalue weighted by Crippen LogP contribution is 2.21. The van der Waals surface area contributed by atoms with Gasteiger partial charge in [0.2, 0.25) is 0 Å². The van der Waals surface area contributed by atoms with E-state index in [1.807, 2.05) is 0 Å². The molecule has 4 heteroatoms. The number of hydrogen-bond acceptors (Lipinski definition) is 3. The van der Waals surface area contributed by atoms with E-state index in [-0.39, 0.29) is 12.2 Å². The van der Waals surface area contributed by atoms with Crippen LogP contribution in [0.25, 0.3) is 0 Å². The van der Waals surface area contributed by atoms with Gasteiger partial charge < -0.3 is 14.9 Å². The molecule has 16 heavy (non-hydrogen) atoms. The lowest BCUT2D eigenvalue weighted by atomic mass is 10.1. The van der Waals surface area contributed by atoms with Crippen LogP contribution in [-0.2, 0) is 0 Å². The molecule has 1 aromatic carbocycles. The Morgan fingerprint density at radius 2 is 2.12 bits per heavy atom. The van der Waals surface area contributed by atoms with E-state index < -0.39 is 11.9 Å². The normalized spacial score (nSPS) is 12.5. The summed E-state index contributed by atoms with van der Waals surface area (Å²) in [4.78, 5) is 0. The minimum Gasteiger partial charge on any atom is -0.493 e. The monoisotopic (exact) mass is 228 g/mol. The Bertz CT molecular complexity index is 326. The molecule has 0 aromatic heterocycles. The molecule has 0 radical (unpaired) electrons. The molecule has 0 aliphatic rings. The second-order valence-electron chi connectivity index (χ2n) is 3.64. The maximum Gasteiger partial charge on any atom is 0.132 e. The van der Waals surface area contributed by atoms with Crippen molar-refractivity contribution in [3.05, 3.63) is 29.6 Å². The third-order valence-electron chi connectivity index (χ3n) is 2.24. The Kier molecular flexibility index (Phi) is 5.22. The third-order valence-corrected chi connectivity index (χ3v) is 2.24. The van der Waals surface area contributed by atoms with Gasteiger partial charge >= 0.3 is 0 Å². The number of unbranched alkanes of at least 4 members (excludes halogenated alkanes) is 1. The summed E-state index contributed by atoms with van der Waals surface area (Å²) >= 11 is 0. The molecular formula is C12H17FO3. The van der Waals surface area contributed by atoms with Crippen LogP contribution in [-0.4, -0.2) is 23.4 Å². The molecule has 0 spiro atoms. The van der Waals surface area contributed by atoms with Gasteiger partial charge in [0.05, 0.1) is 12.7 Å². The van der Waals surface area contributed by atoms with Crippen LogP contribution in [0.15, 0.2) is 18.2 Å². The van der Waals surface area contributed by atoms with E-state index in [0.29, 0.717) is 18.8 Å². The van der Waals surface area contributed by atoms with Gasteiger partial charge in [-0.15, -0.1) is 0 Å². The molecule has 0 aliphatic carbocycles. The molecule has 0 unspecified atom stereocenters. The van der Waals surface area contributed by atoms with Crippen LogP contribution in [0, 0.1) is 5.82 Å². The van der Waals surface area contributed by atoms with E-state index in [9.17, 15) is 9.50 Å². The SMILES string of the molecule is C[C@@H](O)c1ccc(OCCCCO)cc1F. The Morgan fingerprint density at radius 1 is 1.38 bits per heavy atom. The van der Waals surface area contributed by atoms with E-state index in [0.717, 1.165) is 6.42 Å². The predicted molar refractivity (Wildman–Crippen MR) is 58.8 cm³/mol. The first-order chi connectivity index (χ1) is 7.65. The quantitative estimate of drug-likeness (QED) is 0.732. The number of aliphatic hydroxyl groups excluding tert-OH is 2. The second kappa shape index (κ2) is 6.45. The molecule has 0 amide bonds. The van der Waals surface area contributed by atoms with Crippen molar-refractivity contribution in [2.75, 3.05) is 13.2 Å². The Labute approximate surface area is 94.5 Å². The van der Waals surface area contributed by atoms with Crippen molar-refractivity contribution in [2.45, 2.75) is 25.9 Å². The molecule has 90 valence electrons. The van der Waals surface area contributed by atoms with Gasteiger partial charge in [-0.2, -0.15) is 0 Å². The number of benzene rings is 1. The highest BCUT2D eigenvalue weighted by molar-refractivity contribution is 5.29. The summed E-state index contributed by atoms with van der Waals surface area (Å²) in [5, 5.41) is 17.8. The molecule has 0 saturated carbocycles. The lowest BCUT2D eigenvalue weighted by molar-refractivity contribution is 0.193. The molecule has 1 atom stereocenters. The fraction of sp³-hybridized carbons (Fsp3) is 0.500. The zero-order valence-electron chi connectivity index (χ0n) is 9.32. The van der Waals surface area contributed by atoms with Crippen molar-refractivity contribution in [3.63, 3.8) is 0 Å². The largest absolute Gasteiger partial charge is 0.493 e. The first-order valence-corrected chi connectivity index (χ1v) is 5.36. The summed E-state index contributed by atoms with van der Waals surface area (Å²) in [5.74, 6) is -0.0190. The highest BCUT2D eigenvalue weighted by Gasteiger charge is 2.08. The van der Waals surface area contributed by atoms with Gasteiger partial charge in [0.1, 0.15) is 11.6 Å². The number of aliphatic hydroxyl groups is 2. The Morgan fingerprint density at radius 3 is 2.69 bits per heavy atom. The van der Waals surface area contributed by atoms with Crippen LogP contribution in [0.1, 0.15) is 31.4 Å². The van der Waals surface area contributed by atoms with Crippen LogP contribution in [0.5, 0.6) is 5.75 Å². The molecule has 0 heterocycles. The summed E-state index contributed by atoms with van der Waals surface area (Å²) in [6, 6.07) is 4.41. The minimum atomic E-state index is -0.816. The number of hydrogen-bond donors (Lipinski definition) is 2. The standard InChI is InChI=1S/C12H17FO3/c1-9(15)11-5-4-10(8-12(11)13)16-7-3-2-6-14/h4-5,8-9,14-15H,2-3,6-7H2,1H3/t9-/m1/s1. The smallest absolute Gasteiger partial charge is 0.132 e. The number of rotatable bonds is 6. The molecule has 0 saturated heterocycles. The van der Waals surface area contributed by atoms with Crippen LogP contribution >= 0.6 is 0 Å². The van der Waals surface area contributed by atoms with Crippen molar-refractivity contribution >= 4 is 0 Å². The van der Waals surface area contributed by atoms with Gasteiger partial charge in [-0.05, 0) is 31.9 Å². The van der Waals surface area contributed by atoms with Gasteiger partial charge in [0, 0.05) is 18.2 Å². The maximum absolute atomic E-state index is 13.4. The predicted octanol–water partition coefficient (Wildman–Crippen LogP) is 2.03. The lowest BCUT2D eigenvalue weighted by Crippen LogP contribution is -2.01. The van der Waals surface area contributed by atoms with Crippen molar-refractivity contribution in [1.82, 2.24) is 0 Å². The zero-order chi connectivity index (χ0) is 12.0. The van der Waals surface area contributed by atoms with E-state index in [1.165, 1.54) is 19.1 Å². The topological polar surface area (TPSA) is 49.7 Å². The van der Waals surface area contributed by atoms with Gasteiger partial charge in [0.15, 0.2) is 0 Å². The van der Waals surface area contributed by atoms with Crippen LogP contribution in [0.3, 0.4) is 0 Å². The van der Waals surface area contributed by atoms with Crippen molar-refractivity contribution in [2.24, 2.45) is 0 Å². The highest BCUT2D eigenvalue weighted by atomic mass is 19.1.